The molecule has 1 aromatic carbocycles. The molecule has 2 atom stereocenters. The highest BCUT2D eigenvalue weighted by molar-refractivity contribution is 5.14. The topological polar surface area (TPSA) is 32.3 Å². The van der Waals surface area contributed by atoms with Crippen molar-refractivity contribution in [2.24, 2.45) is 0 Å². The zero-order valence-corrected chi connectivity index (χ0v) is 9.61. The van der Waals surface area contributed by atoms with Gasteiger partial charge in [-0.25, -0.2) is 0 Å². The van der Waals surface area contributed by atoms with Gasteiger partial charge in [-0.1, -0.05) is 30.3 Å². The highest BCUT2D eigenvalue weighted by Gasteiger charge is 2.05. The van der Waals surface area contributed by atoms with Crippen LogP contribution in [0.3, 0.4) is 0 Å². The van der Waals surface area contributed by atoms with Crippen LogP contribution < -0.4 is 5.32 Å². The molecule has 0 bridgehead atoms. The average molecular weight is 207 g/mol. The van der Waals surface area contributed by atoms with Gasteiger partial charge in [-0.3, -0.25) is 0 Å². The van der Waals surface area contributed by atoms with Gasteiger partial charge >= 0.3 is 0 Å². The number of rotatable bonds is 6. The van der Waals surface area contributed by atoms with Gasteiger partial charge in [-0.05, 0) is 32.3 Å². The van der Waals surface area contributed by atoms with E-state index in [0.29, 0.717) is 6.04 Å². The largest absolute Gasteiger partial charge is 0.395 e. The Labute approximate surface area is 92.3 Å². The third-order valence-electron chi connectivity index (χ3n) is 2.55. The standard InChI is InChI=1S/C13H21NO/c1-11(14-12(2)10-15)8-9-13-6-4-3-5-7-13/h3-7,11-12,14-15H,8-10H2,1-2H3/t11-,12+/m1/s1. The number of aryl methyl sites for hydroxylation is 1. The molecule has 2 heteroatoms. The molecule has 2 N–H and O–H groups in total. The first-order valence-corrected chi connectivity index (χ1v) is 5.63. The summed E-state index contributed by atoms with van der Waals surface area (Å²) in [5.41, 5.74) is 1.38. The van der Waals surface area contributed by atoms with E-state index in [0.717, 1.165) is 12.8 Å². The first kappa shape index (κ1) is 12.2. The Morgan fingerprint density at radius 2 is 1.80 bits per heavy atom. The molecule has 0 fully saturated rings. The van der Waals surface area contributed by atoms with Crippen LogP contribution in [0.15, 0.2) is 30.3 Å². The second-order valence-electron chi connectivity index (χ2n) is 4.18. The molecule has 1 rings (SSSR count). The molecule has 2 nitrogen and oxygen atoms in total. The molecule has 0 saturated heterocycles. The van der Waals surface area contributed by atoms with Crippen molar-refractivity contribution in [3.8, 4) is 0 Å². The summed E-state index contributed by atoms with van der Waals surface area (Å²) < 4.78 is 0. The molecule has 15 heavy (non-hydrogen) atoms. The van der Waals surface area contributed by atoms with E-state index in [1.54, 1.807) is 0 Å². The van der Waals surface area contributed by atoms with Crippen molar-refractivity contribution in [3.05, 3.63) is 35.9 Å². The smallest absolute Gasteiger partial charge is 0.0582 e. The van der Waals surface area contributed by atoms with E-state index in [1.165, 1.54) is 5.56 Å². The van der Waals surface area contributed by atoms with Crippen LogP contribution in [-0.4, -0.2) is 23.8 Å². The maximum atomic E-state index is 8.91. The van der Waals surface area contributed by atoms with E-state index in [1.807, 2.05) is 13.0 Å². The summed E-state index contributed by atoms with van der Waals surface area (Å²) in [5, 5.41) is 12.3. The van der Waals surface area contributed by atoms with E-state index in [9.17, 15) is 0 Å². The Bertz CT molecular complexity index is 260. The summed E-state index contributed by atoms with van der Waals surface area (Å²) in [5.74, 6) is 0. The highest BCUT2D eigenvalue weighted by Crippen LogP contribution is 2.05. The molecule has 0 saturated carbocycles. The van der Waals surface area contributed by atoms with Crippen molar-refractivity contribution >= 4 is 0 Å². The minimum absolute atomic E-state index is 0.191. The van der Waals surface area contributed by atoms with Gasteiger partial charge in [0.25, 0.3) is 0 Å². The summed E-state index contributed by atoms with van der Waals surface area (Å²) in [6.07, 6.45) is 2.20. The second kappa shape index (κ2) is 6.59. The molecule has 0 amide bonds. The zero-order valence-electron chi connectivity index (χ0n) is 9.61. The van der Waals surface area contributed by atoms with Gasteiger partial charge in [0.15, 0.2) is 0 Å². The molecule has 0 heterocycles. The lowest BCUT2D eigenvalue weighted by molar-refractivity contribution is 0.241. The monoisotopic (exact) mass is 207 g/mol. The lowest BCUT2D eigenvalue weighted by Gasteiger charge is -2.18. The van der Waals surface area contributed by atoms with Gasteiger partial charge in [-0.2, -0.15) is 0 Å². The van der Waals surface area contributed by atoms with E-state index in [2.05, 4.69) is 36.5 Å². The van der Waals surface area contributed by atoms with E-state index < -0.39 is 0 Å². The summed E-state index contributed by atoms with van der Waals surface area (Å²) in [4.78, 5) is 0. The van der Waals surface area contributed by atoms with Gasteiger partial charge in [-0.15, -0.1) is 0 Å². The van der Waals surface area contributed by atoms with E-state index >= 15 is 0 Å². The fourth-order valence-electron chi connectivity index (χ4n) is 1.65. The van der Waals surface area contributed by atoms with Crippen molar-refractivity contribution in [1.29, 1.82) is 0 Å². The van der Waals surface area contributed by atoms with Crippen molar-refractivity contribution in [1.82, 2.24) is 5.32 Å². The molecular weight excluding hydrogens is 186 g/mol. The Morgan fingerprint density at radius 3 is 2.40 bits per heavy atom. The molecule has 0 unspecified atom stereocenters. The van der Waals surface area contributed by atoms with Crippen molar-refractivity contribution in [3.63, 3.8) is 0 Å². The third-order valence-corrected chi connectivity index (χ3v) is 2.55. The number of benzene rings is 1. The minimum atomic E-state index is 0.191. The van der Waals surface area contributed by atoms with Crippen molar-refractivity contribution in [2.45, 2.75) is 38.8 Å². The molecule has 0 aliphatic carbocycles. The van der Waals surface area contributed by atoms with Crippen LogP contribution in [0.2, 0.25) is 0 Å². The quantitative estimate of drug-likeness (QED) is 0.747. The van der Waals surface area contributed by atoms with Crippen LogP contribution in [-0.2, 0) is 6.42 Å². The first-order valence-electron chi connectivity index (χ1n) is 5.63. The summed E-state index contributed by atoms with van der Waals surface area (Å²) in [6, 6.07) is 11.1. The van der Waals surface area contributed by atoms with Crippen molar-refractivity contribution < 1.29 is 5.11 Å². The number of aliphatic hydroxyl groups excluding tert-OH is 1. The first-order chi connectivity index (χ1) is 7.22. The lowest BCUT2D eigenvalue weighted by Crippen LogP contribution is -2.36. The van der Waals surface area contributed by atoms with Gasteiger partial charge < -0.3 is 10.4 Å². The maximum Gasteiger partial charge on any atom is 0.0582 e. The van der Waals surface area contributed by atoms with E-state index in [-0.39, 0.29) is 12.6 Å². The summed E-state index contributed by atoms with van der Waals surface area (Å²) >= 11 is 0. The van der Waals surface area contributed by atoms with Crippen LogP contribution >= 0.6 is 0 Å². The SMILES string of the molecule is C[C@H](CCc1ccccc1)N[C@@H](C)CO. The molecule has 0 aromatic heterocycles. The van der Waals surface area contributed by atoms with Crippen LogP contribution in [0, 0.1) is 0 Å². The molecule has 84 valence electrons. The Kier molecular flexibility index (Phi) is 5.37. The maximum absolute atomic E-state index is 8.91. The number of nitrogens with one attached hydrogen (secondary N) is 1. The fourth-order valence-corrected chi connectivity index (χ4v) is 1.65. The number of hydrogen-bond donors (Lipinski definition) is 2. The second-order valence-corrected chi connectivity index (χ2v) is 4.18. The zero-order chi connectivity index (χ0) is 11.1. The molecule has 0 radical (unpaired) electrons. The lowest BCUT2D eigenvalue weighted by atomic mass is 10.1. The Hall–Kier alpha value is -0.860. The van der Waals surface area contributed by atoms with Crippen LogP contribution in [0.1, 0.15) is 25.8 Å². The fraction of sp³-hybridized carbons (Fsp3) is 0.538. The van der Waals surface area contributed by atoms with Gasteiger partial charge in [0.2, 0.25) is 0 Å². The Morgan fingerprint density at radius 1 is 1.13 bits per heavy atom. The third kappa shape index (κ3) is 4.96. The normalized spacial score (nSPS) is 14.9. The average Bonchev–Trinajstić information content (AvgIpc) is 2.27. The van der Waals surface area contributed by atoms with Crippen LogP contribution in [0.25, 0.3) is 0 Å². The van der Waals surface area contributed by atoms with E-state index in [4.69, 9.17) is 5.11 Å². The predicted molar refractivity (Wildman–Crippen MR) is 63.9 cm³/mol. The van der Waals surface area contributed by atoms with Gasteiger partial charge in [0.1, 0.15) is 0 Å². The van der Waals surface area contributed by atoms with Gasteiger partial charge in [0.05, 0.1) is 6.61 Å². The number of hydrogen-bond acceptors (Lipinski definition) is 2. The van der Waals surface area contributed by atoms with Crippen molar-refractivity contribution in [2.75, 3.05) is 6.61 Å². The van der Waals surface area contributed by atoms with Crippen LogP contribution in [0.5, 0.6) is 0 Å². The summed E-state index contributed by atoms with van der Waals surface area (Å²) in [6.45, 7) is 4.36. The molecule has 0 spiro atoms. The van der Waals surface area contributed by atoms with Crippen LogP contribution in [0.4, 0.5) is 0 Å². The Balaban J connectivity index is 2.25. The number of aliphatic hydroxyl groups is 1. The summed E-state index contributed by atoms with van der Waals surface area (Å²) in [7, 11) is 0. The molecular formula is C13H21NO. The predicted octanol–water partition coefficient (Wildman–Crippen LogP) is 1.98. The molecule has 1 aromatic rings. The minimum Gasteiger partial charge on any atom is -0.395 e. The molecule has 0 aliphatic rings. The van der Waals surface area contributed by atoms with Gasteiger partial charge in [0, 0.05) is 12.1 Å². The highest BCUT2D eigenvalue weighted by atomic mass is 16.3. The molecule has 0 aliphatic heterocycles.